The number of aryl methyl sites for hydroxylation is 2. The van der Waals surface area contributed by atoms with Crippen molar-refractivity contribution in [2.75, 3.05) is 16.9 Å². The second-order valence-electron chi connectivity index (χ2n) is 14.5. The zero-order valence-electron chi connectivity index (χ0n) is 33.3. The van der Waals surface area contributed by atoms with Crippen LogP contribution in [-0.2, 0) is 30.4 Å². The Morgan fingerprint density at radius 3 is 1.59 bits per heavy atom. The predicted octanol–water partition coefficient (Wildman–Crippen LogP) is 10.0. The number of rotatable bonds is 14. The number of nitrogens with zero attached hydrogens (tertiary/aromatic N) is 1. The lowest BCUT2D eigenvalue weighted by atomic mass is 9.80. The first-order valence-corrected chi connectivity index (χ1v) is 22.4. The maximum Gasteiger partial charge on any atom is 0.344 e. The van der Waals surface area contributed by atoms with E-state index in [1.165, 1.54) is 54.6 Å². The van der Waals surface area contributed by atoms with E-state index in [1.807, 2.05) is 110 Å². The van der Waals surface area contributed by atoms with Crippen LogP contribution in [0.5, 0.6) is 5.75 Å². The molecule has 0 saturated heterocycles. The molecule has 0 aliphatic carbocycles. The lowest BCUT2D eigenvalue weighted by Crippen LogP contribution is -2.37. The van der Waals surface area contributed by atoms with E-state index in [-0.39, 0.29) is 39.8 Å². The zero-order valence-corrected chi connectivity index (χ0v) is 35.0. The Balaban J connectivity index is 1.10. The number of benzene rings is 7. The van der Waals surface area contributed by atoms with E-state index in [0.717, 1.165) is 27.8 Å². The van der Waals surface area contributed by atoms with Crippen molar-refractivity contribution < 1.29 is 30.7 Å². The molecule has 1 heterocycles. The molecule has 0 spiro atoms. The number of anilines is 1. The molecular formula is C50H41NO8S2. The van der Waals surface area contributed by atoms with E-state index in [9.17, 15) is 21.6 Å². The highest BCUT2D eigenvalue weighted by atomic mass is 32.3. The van der Waals surface area contributed by atoms with Crippen LogP contribution in [0.15, 0.2) is 207 Å². The minimum atomic E-state index is -4.80. The number of hydrogen-bond acceptors (Lipinski definition) is 8. The molecule has 1 aromatic heterocycles. The van der Waals surface area contributed by atoms with Crippen molar-refractivity contribution in [3.05, 3.63) is 226 Å². The van der Waals surface area contributed by atoms with Gasteiger partial charge in [0.1, 0.15) is 23.5 Å². The Morgan fingerprint density at radius 1 is 0.541 bits per heavy atom. The molecule has 11 heteroatoms. The minimum absolute atomic E-state index is 0.117. The Labute approximate surface area is 355 Å². The van der Waals surface area contributed by atoms with Crippen LogP contribution in [0.4, 0.5) is 5.69 Å². The van der Waals surface area contributed by atoms with Gasteiger partial charge in [0.2, 0.25) is 0 Å². The lowest BCUT2D eigenvalue weighted by molar-refractivity contribution is -0.00241. The normalized spacial score (nSPS) is 12.0. The summed E-state index contributed by atoms with van der Waals surface area (Å²) in [5, 5.41) is 0.330. The molecule has 0 saturated carbocycles. The van der Waals surface area contributed by atoms with Crippen molar-refractivity contribution in [3.8, 4) is 16.9 Å². The SMILES string of the molecule is Cc1ccc(S(=O)(=O)N(c2ccc3oc(=O)c(-c4ccccc4C)cc3c2)S(=O)(=O)c2ccc(OCCOC(c3ccccc3)(c3ccccc3)c3ccccc3)cc2)cc1. The average molecular weight is 848 g/mol. The molecule has 8 aromatic rings. The Kier molecular flexibility index (Phi) is 11.5. The lowest BCUT2D eigenvalue weighted by Gasteiger charge is -2.36. The van der Waals surface area contributed by atoms with Crippen molar-refractivity contribution in [2.45, 2.75) is 29.2 Å². The van der Waals surface area contributed by atoms with Crippen molar-refractivity contribution in [1.29, 1.82) is 0 Å². The molecule has 8 rings (SSSR count). The molecule has 306 valence electrons. The molecule has 0 aliphatic heterocycles. The van der Waals surface area contributed by atoms with E-state index >= 15 is 0 Å². The summed E-state index contributed by atoms with van der Waals surface area (Å²) in [4.78, 5) is 12.6. The number of sulfonamides is 2. The maximum absolute atomic E-state index is 14.6. The molecule has 0 radical (unpaired) electrons. The van der Waals surface area contributed by atoms with Crippen LogP contribution in [0.2, 0.25) is 0 Å². The van der Waals surface area contributed by atoms with Gasteiger partial charge in [-0.2, -0.15) is 3.71 Å². The fourth-order valence-electron chi connectivity index (χ4n) is 7.43. The van der Waals surface area contributed by atoms with Gasteiger partial charge in [-0.3, -0.25) is 0 Å². The van der Waals surface area contributed by atoms with Crippen molar-refractivity contribution >= 4 is 36.7 Å². The van der Waals surface area contributed by atoms with Gasteiger partial charge >= 0.3 is 5.63 Å². The van der Waals surface area contributed by atoms with E-state index < -0.39 is 31.3 Å². The van der Waals surface area contributed by atoms with Gasteiger partial charge in [0.25, 0.3) is 20.0 Å². The van der Waals surface area contributed by atoms with Crippen molar-refractivity contribution in [2.24, 2.45) is 0 Å². The van der Waals surface area contributed by atoms with E-state index in [1.54, 1.807) is 37.3 Å². The third-order valence-electron chi connectivity index (χ3n) is 10.5. The van der Waals surface area contributed by atoms with Crippen molar-refractivity contribution in [3.63, 3.8) is 0 Å². The van der Waals surface area contributed by atoms with Crippen LogP contribution in [0.3, 0.4) is 0 Å². The summed E-state index contributed by atoms with van der Waals surface area (Å²) >= 11 is 0. The molecule has 61 heavy (non-hydrogen) atoms. The van der Waals surface area contributed by atoms with Crippen LogP contribution in [0.1, 0.15) is 27.8 Å². The number of hydrogen-bond donors (Lipinski definition) is 0. The average Bonchev–Trinajstić information content (AvgIpc) is 3.28. The Hall–Kier alpha value is -6.79. The molecule has 0 fully saturated rings. The largest absolute Gasteiger partial charge is 0.491 e. The molecule has 0 N–H and O–H groups in total. The molecule has 0 aliphatic rings. The summed E-state index contributed by atoms with van der Waals surface area (Å²) in [6.07, 6.45) is 0. The van der Waals surface area contributed by atoms with Gasteiger partial charge in [-0.05, 0) is 102 Å². The predicted molar refractivity (Wildman–Crippen MR) is 238 cm³/mol. The summed E-state index contributed by atoms with van der Waals surface area (Å²) in [7, 11) is -9.52. The molecule has 9 nitrogen and oxygen atoms in total. The third-order valence-corrected chi connectivity index (χ3v) is 14.7. The number of fused-ring (bicyclic) bond motifs is 1. The highest BCUT2D eigenvalue weighted by Gasteiger charge is 2.39. The molecule has 0 unspecified atom stereocenters. The summed E-state index contributed by atoms with van der Waals surface area (Å²) in [5.41, 5.74) is 3.79. The second-order valence-corrected chi connectivity index (χ2v) is 18.3. The van der Waals surface area contributed by atoms with E-state index in [0.29, 0.717) is 20.4 Å². The van der Waals surface area contributed by atoms with Crippen LogP contribution < -0.4 is 14.1 Å². The van der Waals surface area contributed by atoms with Crippen molar-refractivity contribution in [1.82, 2.24) is 0 Å². The van der Waals surface area contributed by atoms with Crippen LogP contribution in [-0.4, -0.2) is 30.0 Å². The topological polar surface area (TPSA) is 120 Å². The molecule has 0 atom stereocenters. The summed E-state index contributed by atoms with van der Waals surface area (Å²) in [6, 6.07) is 54.3. The standard InChI is InChI=1S/C50H41NO8S2/c1-36-22-27-44(28-23-36)60(53,54)51(42-24-31-48-38(34-42)35-47(49(52)59-48)46-21-13-12-14-37(46)2)61(55,56)45-29-25-43(26-30-45)57-32-33-58-50(39-15-6-3-7-16-39,40-17-8-4-9-18-40)41-19-10-5-11-20-41/h3-31,34-35H,32-33H2,1-2H3. The van der Waals surface area contributed by atoms with Gasteiger partial charge in [-0.15, -0.1) is 0 Å². The first-order chi connectivity index (χ1) is 29.5. The monoisotopic (exact) mass is 847 g/mol. The van der Waals surface area contributed by atoms with Gasteiger partial charge in [0, 0.05) is 5.39 Å². The zero-order chi connectivity index (χ0) is 42.6. The highest BCUT2D eigenvalue weighted by molar-refractivity contribution is 8.10. The van der Waals surface area contributed by atoms with Crippen LogP contribution >= 0.6 is 0 Å². The van der Waals surface area contributed by atoms with Gasteiger partial charge in [-0.1, -0.05) is 133 Å². The molecular weight excluding hydrogens is 807 g/mol. The fourth-order valence-corrected chi connectivity index (χ4v) is 11.1. The Morgan fingerprint density at radius 2 is 1.05 bits per heavy atom. The highest BCUT2D eigenvalue weighted by Crippen LogP contribution is 2.41. The van der Waals surface area contributed by atoms with Gasteiger partial charge < -0.3 is 13.9 Å². The maximum atomic E-state index is 14.6. The van der Waals surface area contributed by atoms with Crippen LogP contribution in [0, 0.1) is 13.8 Å². The summed E-state index contributed by atoms with van der Waals surface area (Å²) in [6.45, 7) is 3.94. The minimum Gasteiger partial charge on any atom is -0.491 e. The molecule has 0 amide bonds. The van der Waals surface area contributed by atoms with Gasteiger partial charge in [0.15, 0.2) is 0 Å². The van der Waals surface area contributed by atoms with E-state index in [2.05, 4.69) is 0 Å². The van der Waals surface area contributed by atoms with Gasteiger partial charge in [-0.25, -0.2) is 21.6 Å². The summed E-state index contributed by atoms with van der Waals surface area (Å²) < 4.78 is 77.1. The first kappa shape index (κ1) is 41.0. The third kappa shape index (κ3) is 8.11. The van der Waals surface area contributed by atoms with E-state index in [4.69, 9.17) is 13.9 Å². The number of ether oxygens (including phenoxy) is 2. The molecule has 7 aromatic carbocycles. The summed E-state index contributed by atoms with van der Waals surface area (Å²) in [5.74, 6) is 0.352. The Bertz CT molecular complexity index is 2990. The molecule has 0 bridgehead atoms. The van der Waals surface area contributed by atoms with Gasteiger partial charge in [0.05, 0.1) is 27.6 Å². The van der Waals surface area contributed by atoms with Crippen LogP contribution in [0.25, 0.3) is 22.1 Å². The second kappa shape index (κ2) is 17.1. The fraction of sp³-hybridized carbons (Fsp3) is 0.100. The smallest absolute Gasteiger partial charge is 0.344 e. The first-order valence-electron chi connectivity index (χ1n) is 19.5. The quantitative estimate of drug-likeness (QED) is 0.0603.